The summed E-state index contributed by atoms with van der Waals surface area (Å²) in [4.78, 5) is 2.45. The Bertz CT molecular complexity index is 319. The van der Waals surface area contributed by atoms with E-state index >= 15 is 0 Å². The van der Waals surface area contributed by atoms with Crippen LogP contribution in [-0.2, 0) is 0 Å². The molecule has 0 atom stereocenters. The molecular weight excluding hydrogens is 220 g/mol. The van der Waals surface area contributed by atoms with Gasteiger partial charge in [-0.2, -0.15) is 0 Å². The number of benzene rings is 1. The van der Waals surface area contributed by atoms with E-state index in [0.29, 0.717) is 5.41 Å². The largest absolute Gasteiger partial charge is 0.371 e. The van der Waals surface area contributed by atoms with Crippen LogP contribution in [0.25, 0.3) is 0 Å². The molecule has 18 heavy (non-hydrogen) atoms. The van der Waals surface area contributed by atoms with Crippen LogP contribution < -0.4 is 10.2 Å². The maximum absolute atomic E-state index is 3.53. The van der Waals surface area contributed by atoms with E-state index in [4.69, 9.17) is 0 Å². The Balaban J connectivity index is 2.57. The van der Waals surface area contributed by atoms with Crippen molar-refractivity contribution in [2.75, 3.05) is 31.1 Å². The van der Waals surface area contributed by atoms with Gasteiger partial charge in [-0.3, -0.25) is 0 Å². The van der Waals surface area contributed by atoms with Crippen LogP contribution in [0, 0.1) is 5.41 Å². The molecule has 0 spiro atoms. The van der Waals surface area contributed by atoms with E-state index in [1.807, 2.05) is 0 Å². The molecule has 0 bridgehead atoms. The first kappa shape index (κ1) is 15.0. The average molecular weight is 248 g/mol. The second kappa shape index (κ2) is 7.42. The molecule has 1 N–H and O–H groups in total. The van der Waals surface area contributed by atoms with Crippen molar-refractivity contribution in [2.24, 2.45) is 5.41 Å². The summed E-state index contributed by atoms with van der Waals surface area (Å²) in [6.45, 7) is 13.4. The van der Waals surface area contributed by atoms with Crippen molar-refractivity contribution in [3.63, 3.8) is 0 Å². The lowest BCUT2D eigenvalue weighted by atomic mass is 9.92. The molecule has 1 rings (SSSR count). The molecule has 0 saturated heterocycles. The molecule has 2 heteroatoms. The summed E-state index contributed by atoms with van der Waals surface area (Å²) in [5.74, 6) is 0. The van der Waals surface area contributed by atoms with Gasteiger partial charge in [-0.25, -0.2) is 0 Å². The molecule has 2 nitrogen and oxygen atoms in total. The molecule has 1 aromatic rings. The molecule has 0 amide bonds. The van der Waals surface area contributed by atoms with Gasteiger partial charge in [-0.05, 0) is 37.4 Å². The number of para-hydroxylation sites is 1. The topological polar surface area (TPSA) is 15.3 Å². The Morgan fingerprint density at radius 2 is 1.78 bits per heavy atom. The first-order valence-corrected chi connectivity index (χ1v) is 7.10. The van der Waals surface area contributed by atoms with Crippen LogP contribution in [0.1, 0.15) is 34.1 Å². The summed E-state index contributed by atoms with van der Waals surface area (Å²) in [5.41, 5.74) is 1.62. The Morgan fingerprint density at radius 3 is 2.33 bits per heavy atom. The summed E-state index contributed by atoms with van der Waals surface area (Å²) in [6, 6.07) is 10.7. The molecule has 0 fully saturated rings. The number of rotatable bonds is 8. The van der Waals surface area contributed by atoms with Crippen molar-refractivity contribution >= 4 is 5.69 Å². The van der Waals surface area contributed by atoms with Crippen LogP contribution in [0.2, 0.25) is 0 Å². The monoisotopic (exact) mass is 248 g/mol. The first-order chi connectivity index (χ1) is 8.59. The quantitative estimate of drug-likeness (QED) is 0.708. The molecule has 0 aromatic heterocycles. The summed E-state index contributed by atoms with van der Waals surface area (Å²) in [5, 5.41) is 3.53. The van der Waals surface area contributed by atoms with Crippen LogP contribution in [0.15, 0.2) is 30.3 Å². The van der Waals surface area contributed by atoms with Gasteiger partial charge in [0.15, 0.2) is 0 Å². The maximum atomic E-state index is 3.53. The Morgan fingerprint density at radius 1 is 1.11 bits per heavy atom. The molecule has 0 heterocycles. The summed E-state index contributed by atoms with van der Waals surface area (Å²) in [7, 11) is 0. The average Bonchev–Trinajstić information content (AvgIpc) is 2.37. The third-order valence-corrected chi connectivity index (χ3v) is 3.15. The van der Waals surface area contributed by atoms with Crippen LogP contribution in [0.4, 0.5) is 5.69 Å². The van der Waals surface area contributed by atoms with Gasteiger partial charge in [-0.15, -0.1) is 0 Å². The minimum atomic E-state index is 0.293. The van der Waals surface area contributed by atoms with Gasteiger partial charge in [-0.1, -0.05) is 39.0 Å². The fourth-order valence-corrected chi connectivity index (χ4v) is 2.20. The second-order valence-electron chi connectivity index (χ2n) is 5.69. The highest BCUT2D eigenvalue weighted by atomic mass is 15.1. The lowest BCUT2D eigenvalue weighted by molar-refractivity contribution is 0.343. The number of hydrogen-bond acceptors (Lipinski definition) is 2. The SMILES string of the molecule is CCCNCC(C)(C)CN(CC)c1ccccc1. The van der Waals surface area contributed by atoms with E-state index in [1.54, 1.807) is 0 Å². The molecular formula is C16H28N2. The molecule has 0 radical (unpaired) electrons. The van der Waals surface area contributed by atoms with Gasteiger partial charge < -0.3 is 10.2 Å². The molecule has 102 valence electrons. The van der Waals surface area contributed by atoms with E-state index in [9.17, 15) is 0 Å². The van der Waals surface area contributed by atoms with Gasteiger partial charge in [0.1, 0.15) is 0 Å². The highest BCUT2D eigenvalue weighted by molar-refractivity contribution is 5.46. The first-order valence-electron chi connectivity index (χ1n) is 7.10. The minimum Gasteiger partial charge on any atom is -0.371 e. The highest BCUT2D eigenvalue weighted by Crippen LogP contribution is 2.21. The maximum Gasteiger partial charge on any atom is 0.0366 e. The Kier molecular flexibility index (Phi) is 6.20. The number of nitrogens with zero attached hydrogens (tertiary/aromatic N) is 1. The van der Waals surface area contributed by atoms with E-state index < -0.39 is 0 Å². The van der Waals surface area contributed by atoms with E-state index in [2.05, 4.69) is 68.2 Å². The van der Waals surface area contributed by atoms with Crippen LogP contribution in [0.3, 0.4) is 0 Å². The zero-order valence-electron chi connectivity index (χ0n) is 12.4. The smallest absolute Gasteiger partial charge is 0.0366 e. The molecule has 0 aliphatic heterocycles. The molecule has 0 aliphatic rings. The van der Waals surface area contributed by atoms with Gasteiger partial charge in [0.25, 0.3) is 0 Å². The van der Waals surface area contributed by atoms with Crippen LogP contribution in [-0.4, -0.2) is 26.2 Å². The summed E-state index contributed by atoms with van der Waals surface area (Å²) < 4.78 is 0. The second-order valence-corrected chi connectivity index (χ2v) is 5.69. The fraction of sp³-hybridized carbons (Fsp3) is 0.625. The van der Waals surface area contributed by atoms with Crippen molar-refractivity contribution < 1.29 is 0 Å². The lowest BCUT2D eigenvalue weighted by Gasteiger charge is -2.34. The van der Waals surface area contributed by atoms with Gasteiger partial charge in [0.05, 0.1) is 0 Å². The zero-order valence-corrected chi connectivity index (χ0v) is 12.4. The predicted molar refractivity (Wildman–Crippen MR) is 81.3 cm³/mol. The molecule has 0 unspecified atom stereocenters. The lowest BCUT2D eigenvalue weighted by Crippen LogP contribution is -2.40. The predicted octanol–water partition coefficient (Wildman–Crippen LogP) is 3.54. The Labute approximate surface area is 112 Å². The van der Waals surface area contributed by atoms with Crippen LogP contribution >= 0.6 is 0 Å². The van der Waals surface area contributed by atoms with Crippen molar-refractivity contribution in [2.45, 2.75) is 34.1 Å². The van der Waals surface area contributed by atoms with Gasteiger partial charge in [0, 0.05) is 25.3 Å². The summed E-state index contributed by atoms with van der Waals surface area (Å²) >= 11 is 0. The summed E-state index contributed by atoms with van der Waals surface area (Å²) in [6.07, 6.45) is 1.20. The molecule has 0 saturated carbocycles. The van der Waals surface area contributed by atoms with E-state index in [0.717, 1.165) is 26.2 Å². The van der Waals surface area contributed by atoms with Crippen molar-refractivity contribution in [3.05, 3.63) is 30.3 Å². The number of nitrogens with one attached hydrogen (secondary N) is 1. The highest BCUT2D eigenvalue weighted by Gasteiger charge is 2.20. The van der Waals surface area contributed by atoms with E-state index in [1.165, 1.54) is 12.1 Å². The van der Waals surface area contributed by atoms with Crippen molar-refractivity contribution in [1.29, 1.82) is 0 Å². The van der Waals surface area contributed by atoms with Crippen molar-refractivity contribution in [1.82, 2.24) is 5.32 Å². The fourth-order valence-electron chi connectivity index (χ4n) is 2.20. The Hall–Kier alpha value is -1.02. The van der Waals surface area contributed by atoms with Crippen LogP contribution in [0.5, 0.6) is 0 Å². The third-order valence-electron chi connectivity index (χ3n) is 3.15. The third kappa shape index (κ3) is 5.09. The molecule has 1 aromatic carbocycles. The van der Waals surface area contributed by atoms with Gasteiger partial charge in [0.2, 0.25) is 0 Å². The normalized spacial score (nSPS) is 11.6. The minimum absolute atomic E-state index is 0.293. The van der Waals surface area contributed by atoms with Crippen molar-refractivity contribution in [3.8, 4) is 0 Å². The number of hydrogen-bond donors (Lipinski definition) is 1. The van der Waals surface area contributed by atoms with Gasteiger partial charge >= 0.3 is 0 Å². The zero-order chi connectivity index (χ0) is 13.4. The molecule has 0 aliphatic carbocycles. The van der Waals surface area contributed by atoms with E-state index in [-0.39, 0.29) is 0 Å². The standard InChI is InChI=1S/C16H28N2/c1-5-12-17-13-16(3,4)14-18(6-2)15-10-8-7-9-11-15/h7-11,17H,5-6,12-14H2,1-4H3. The number of anilines is 1.